The summed E-state index contributed by atoms with van der Waals surface area (Å²) < 4.78 is 0. The maximum atomic E-state index is 3.69. The zero-order valence-electron chi connectivity index (χ0n) is 6.86. The van der Waals surface area contributed by atoms with Gasteiger partial charge in [0.15, 0.2) is 0 Å². The summed E-state index contributed by atoms with van der Waals surface area (Å²) >= 11 is 7.01. The minimum atomic E-state index is 0.659. The SMILES string of the molecule is C=CCCCCCC(Br)CBr. The van der Waals surface area contributed by atoms with Gasteiger partial charge in [-0.15, -0.1) is 6.58 Å². The molecule has 0 rings (SSSR count). The lowest BCUT2D eigenvalue weighted by atomic mass is 10.1. The minimum absolute atomic E-state index is 0.659. The number of alkyl halides is 2. The fraction of sp³-hybridized carbons (Fsp3) is 0.778. The van der Waals surface area contributed by atoms with Crippen molar-refractivity contribution in [3.05, 3.63) is 12.7 Å². The van der Waals surface area contributed by atoms with Gasteiger partial charge in [0.05, 0.1) is 0 Å². The van der Waals surface area contributed by atoms with Crippen molar-refractivity contribution < 1.29 is 0 Å². The van der Waals surface area contributed by atoms with Crippen LogP contribution in [0.25, 0.3) is 0 Å². The number of unbranched alkanes of at least 4 members (excludes halogenated alkanes) is 3. The first kappa shape index (κ1) is 11.7. The number of rotatable bonds is 7. The van der Waals surface area contributed by atoms with Crippen molar-refractivity contribution in [2.75, 3.05) is 5.33 Å². The summed E-state index contributed by atoms with van der Waals surface area (Å²) in [5.41, 5.74) is 0. The van der Waals surface area contributed by atoms with Gasteiger partial charge < -0.3 is 0 Å². The Morgan fingerprint density at radius 2 is 2.00 bits per heavy atom. The molecule has 0 saturated heterocycles. The van der Waals surface area contributed by atoms with Gasteiger partial charge in [-0.1, -0.05) is 50.8 Å². The van der Waals surface area contributed by atoms with Crippen molar-refractivity contribution in [3.8, 4) is 0 Å². The molecule has 0 aliphatic carbocycles. The molecule has 0 heterocycles. The molecule has 66 valence electrons. The molecule has 0 aliphatic heterocycles. The van der Waals surface area contributed by atoms with Crippen LogP contribution in [0.2, 0.25) is 0 Å². The van der Waals surface area contributed by atoms with Crippen molar-refractivity contribution in [2.24, 2.45) is 0 Å². The standard InChI is InChI=1S/C9H16Br2/c1-2-3-4-5-6-7-9(11)8-10/h2,9H,1,3-8H2. The van der Waals surface area contributed by atoms with Gasteiger partial charge in [0.2, 0.25) is 0 Å². The molecular weight excluding hydrogens is 268 g/mol. The summed E-state index contributed by atoms with van der Waals surface area (Å²) in [5, 5.41) is 1.06. The van der Waals surface area contributed by atoms with Crippen LogP contribution in [-0.2, 0) is 0 Å². The van der Waals surface area contributed by atoms with Crippen molar-refractivity contribution >= 4 is 31.9 Å². The fourth-order valence-corrected chi connectivity index (χ4v) is 1.56. The first-order chi connectivity index (χ1) is 5.31. The van der Waals surface area contributed by atoms with Crippen LogP contribution in [0.1, 0.15) is 32.1 Å². The van der Waals surface area contributed by atoms with Gasteiger partial charge in [-0.25, -0.2) is 0 Å². The third-order valence-corrected chi connectivity index (χ3v) is 4.03. The average Bonchev–Trinajstić information content (AvgIpc) is 2.04. The minimum Gasteiger partial charge on any atom is -0.103 e. The van der Waals surface area contributed by atoms with Gasteiger partial charge >= 0.3 is 0 Å². The fourth-order valence-electron chi connectivity index (χ4n) is 0.908. The van der Waals surface area contributed by atoms with Gasteiger partial charge in [-0.2, -0.15) is 0 Å². The van der Waals surface area contributed by atoms with Crippen molar-refractivity contribution in [1.29, 1.82) is 0 Å². The molecule has 0 aromatic rings. The summed E-state index contributed by atoms with van der Waals surface area (Å²) in [7, 11) is 0. The first-order valence-electron chi connectivity index (χ1n) is 4.12. The van der Waals surface area contributed by atoms with Gasteiger partial charge in [0.1, 0.15) is 0 Å². The zero-order valence-corrected chi connectivity index (χ0v) is 10.0. The highest BCUT2D eigenvalue weighted by Crippen LogP contribution is 2.13. The number of allylic oxidation sites excluding steroid dienone is 1. The molecule has 0 fully saturated rings. The normalized spacial score (nSPS) is 12.9. The molecule has 0 aliphatic rings. The van der Waals surface area contributed by atoms with E-state index in [1.54, 1.807) is 0 Å². The maximum absolute atomic E-state index is 3.69. The smallest absolute Gasteiger partial charge is 0.0242 e. The Kier molecular flexibility index (Phi) is 9.35. The lowest BCUT2D eigenvalue weighted by Crippen LogP contribution is -1.97. The molecule has 0 bridgehead atoms. The highest BCUT2D eigenvalue weighted by atomic mass is 79.9. The van der Waals surface area contributed by atoms with Gasteiger partial charge in [-0.05, 0) is 19.3 Å². The van der Waals surface area contributed by atoms with E-state index >= 15 is 0 Å². The molecule has 2 heteroatoms. The van der Waals surface area contributed by atoms with Crippen LogP contribution in [0, 0.1) is 0 Å². The van der Waals surface area contributed by atoms with E-state index in [9.17, 15) is 0 Å². The maximum Gasteiger partial charge on any atom is 0.0242 e. The lowest BCUT2D eigenvalue weighted by molar-refractivity contribution is 0.651. The molecule has 0 nitrogen and oxygen atoms in total. The Labute approximate surface area is 86.7 Å². The first-order valence-corrected chi connectivity index (χ1v) is 6.16. The number of hydrogen-bond acceptors (Lipinski definition) is 0. The molecule has 0 spiro atoms. The average molecular weight is 284 g/mol. The zero-order chi connectivity index (χ0) is 8.53. The van der Waals surface area contributed by atoms with E-state index < -0.39 is 0 Å². The largest absolute Gasteiger partial charge is 0.103 e. The van der Waals surface area contributed by atoms with E-state index in [-0.39, 0.29) is 0 Å². The Hall–Kier alpha value is 0.700. The second-order valence-electron chi connectivity index (χ2n) is 2.68. The van der Waals surface area contributed by atoms with Crippen LogP contribution in [0.15, 0.2) is 12.7 Å². The molecule has 1 atom stereocenters. The monoisotopic (exact) mass is 282 g/mol. The highest BCUT2D eigenvalue weighted by molar-refractivity contribution is 9.12. The van der Waals surface area contributed by atoms with Gasteiger partial charge in [0.25, 0.3) is 0 Å². The third kappa shape index (κ3) is 8.61. The van der Waals surface area contributed by atoms with Crippen LogP contribution >= 0.6 is 31.9 Å². The second-order valence-corrected chi connectivity index (χ2v) is 4.62. The quantitative estimate of drug-likeness (QED) is 0.372. The van der Waals surface area contributed by atoms with E-state index in [2.05, 4.69) is 38.4 Å². The van der Waals surface area contributed by atoms with Crippen molar-refractivity contribution in [3.63, 3.8) is 0 Å². The summed E-state index contributed by atoms with van der Waals surface area (Å²) in [4.78, 5) is 0.659. The number of hydrogen-bond donors (Lipinski definition) is 0. The second kappa shape index (κ2) is 8.79. The summed E-state index contributed by atoms with van der Waals surface area (Å²) in [6.07, 6.45) is 8.40. The Morgan fingerprint density at radius 3 is 2.55 bits per heavy atom. The molecule has 0 aromatic carbocycles. The summed E-state index contributed by atoms with van der Waals surface area (Å²) in [6, 6.07) is 0. The predicted molar refractivity (Wildman–Crippen MR) is 59.8 cm³/mol. The van der Waals surface area contributed by atoms with Crippen LogP contribution in [0.4, 0.5) is 0 Å². The molecule has 0 aromatic heterocycles. The molecule has 0 saturated carbocycles. The van der Waals surface area contributed by atoms with Crippen LogP contribution in [0.3, 0.4) is 0 Å². The van der Waals surface area contributed by atoms with E-state index in [1.165, 1.54) is 32.1 Å². The van der Waals surface area contributed by atoms with E-state index in [0.29, 0.717) is 4.83 Å². The van der Waals surface area contributed by atoms with Crippen LogP contribution in [0.5, 0.6) is 0 Å². The Balaban J connectivity index is 2.95. The molecule has 1 unspecified atom stereocenters. The van der Waals surface area contributed by atoms with E-state index in [0.717, 1.165) is 5.33 Å². The Morgan fingerprint density at radius 1 is 1.27 bits per heavy atom. The van der Waals surface area contributed by atoms with Crippen molar-refractivity contribution in [2.45, 2.75) is 36.9 Å². The van der Waals surface area contributed by atoms with E-state index in [1.807, 2.05) is 6.08 Å². The molecule has 0 amide bonds. The topological polar surface area (TPSA) is 0 Å². The third-order valence-electron chi connectivity index (χ3n) is 1.59. The van der Waals surface area contributed by atoms with Crippen LogP contribution < -0.4 is 0 Å². The van der Waals surface area contributed by atoms with Gasteiger partial charge in [-0.3, -0.25) is 0 Å². The van der Waals surface area contributed by atoms with E-state index in [4.69, 9.17) is 0 Å². The Bertz CT molecular complexity index is 91.6. The van der Waals surface area contributed by atoms with Crippen molar-refractivity contribution in [1.82, 2.24) is 0 Å². The molecular formula is C9H16Br2. The molecule has 11 heavy (non-hydrogen) atoms. The highest BCUT2D eigenvalue weighted by Gasteiger charge is 1.99. The predicted octanol–water partition coefficient (Wildman–Crippen LogP) is 4.28. The summed E-state index contributed by atoms with van der Waals surface area (Å²) in [5.74, 6) is 0. The van der Waals surface area contributed by atoms with Crippen LogP contribution in [-0.4, -0.2) is 10.2 Å². The molecule has 0 N–H and O–H groups in total. The van der Waals surface area contributed by atoms with Gasteiger partial charge in [0, 0.05) is 10.2 Å². The lowest BCUT2D eigenvalue weighted by Gasteiger charge is -2.03. The summed E-state index contributed by atoms with van der Waals surface area (Å²) in [6.45, 7) is 3.69. The molecule has 0 radical (unpaired) electrons. The number of halogens is 2.